The van der Waals surface area contributed by atoms with Crippen molar-refractivity contribution in [2.45, 2.75) is 19.4 Å². The lowest BCUT2D eigenvalue weighted by Gasteiger charge is -2.24. The highest BCUT2D eigenvalue weighted by molar-refractivity contribution is 5.96. The standard InChI is InChI=1S/C16H19NO4/c1-21-10-11-6-2-5-9-14(11)17-15(18)12-7-3-4-8-13(12)16(19)20/h2-6,9,12-13H,7-8,10H2,1H3,(H,17,18)(H,19,20). The zero-order valence-electron chi connectivity index (χ0n) is 11.9. The second-order valence-electron chi connectivity index (χ2n) is 5.07. The molecule has 1 aromatic rings. The highest BCUT2D eigenvalue weighted by Crippen LogP contribution is 2.28. The molecule has 0 bridgehead atoms. The molecule has 2 unspecified atom stereocenters. The van der Waals surface area contributed by atoms with Crippen LogP contribution in [0, 0.1) is 11.8 Å². The number of anilines is 1. The van der Waals surface area contributed by atoms with Gasteiger partial charge < -0.3 is 15.2 Å². The average molecular weight is 289 g/mol. The molecule has 1 amide bonds. The Kier molecular flexibility index (Phi) is 5.11. The van der Waals surface area contributed by atoms with Gasteiger partial charge in [0, 0.05) is 18.4 Å². The molecule has 5 nitrogen and oxygen atoms in total. The average Bonchev–Trinajstić information content (AvgIpc) is 2.49. The number of hydrogen-bond acceptors (Lipinski definition) is 3. The maximum atomic E-state index is 12.4. The minimum atomic E-state index is -0.926. The molecule has 5 heteroatoms. The lowest BCUT2D eigenvalue weighted by atomic mass is 9.82. The van der Waals surface area contributed by atoms with Gasteiger partial charge in [0.25, 0.3) is 0 Å². The number of amides is 1. The summed E-state index contributed by atoms with van der Waals surface area (Å²) in [7, 11) is 1.59. The van der Waals surface area contributed by atoms with Crippen LogP contribution in [0.2, 0.25) is 0 Å². The summed E-state index contributed by atoms with van der Waals surface area (Å²) >= 11 is 0. The van der Waals surface area contributed by atoms with E-state index >= 15 is 0 Å². The topological polar surface area (TPSA) is 75.6 Å². The third-order valence-electron chi connectivity index (χ3n) is 3.66. The number of nitrogens with one attached hydrogen (secondary N) is 1. The van der Waals surface area contributed by atoms with Crippen LogP contribution in [0.25, 0.3) is 0 Å². The van der Waals surface area contributed by atoms with Crippen molar-refractivity contribution in [3.05, 3.63) is 42.0 Å². The van der Waals surface area contributed by atoms with E-state index in [1.165, 1.54) is 0 Å². The molecule has 21 heavy (non-hydrogen) atoms. The largest absolute Gasteiger partial charge is 0.481 e. The van der Waals surface area contributed by atoms with Crippen molar-refractivity contribution < 1.29 is 19.4 Å². The number of benzene rings is 1. The number of ether oxygens (including phenoxy) is 1. The van der Waals surface area contributed by atoms with Crippen molar-refractivity contribution >= 4 is 17.6 Å². The van der Waals surface area contributed by atoms with Gasteiger partial charge in [0.15, 0.2) is 0 Å². The Bertz CT molecular complexity index is 553. The van der Waals surface area contributed by atoms with Gasteiger partial charge in [-0.3, -0.25) is 9.59 Å². The molecular formula is C16H19NO4. The molecule has 0 spiro atoms. The van der Waals surface area contributed by atoms with Gasteiger partial charge in [-0.1, -0.05) is 30.4 Å². The first-order chi connectivity index (χ1) is 10.1. The molecule has 0 aromatic heterocycles. The number of para-hydroxylation sites is 1. The first-order valence-electron chi connectivity index (χ1n) is 6.89. The molecule has 2 N–H and O–H groups in total. The summed E-state index contributed by atoms with van der Waals surface area (Å²) in [6.07, 6.45) is 4.54. The van der Waals surface area contributed by atoms with Gasteiger partial charge in [-0.25, -0.2) is 0 Å². The Labute approximate surface area is 123 Å². The van der Waals surface area contributed by atoms with E-state index in [1.54, 1.807) is 13.2 Å². The van der Waals surface area contributed by atoms with E-state index in [-0.39, 0.29) is 5.91 Å². The molecule has 2 rings (SSSR count). The summed E-state index contributed by atoms with van der Waals surface area (Å²) in [5, 5.41) is 12.1. The summed E-state index contributed by atoms with van der Waals surface area (Å²) in [4.78, 5) is 23.6. The number of carbonyl (C=O) groups is 2. The van der Waals surface area contributed by atoms with E-state index in [0.717, 1.165) is 5.56 Å². The first kappa shape index (κ1) is 15.3. The summed E-state index contributed by atoms with van der Waals surface area (Å²) in [6.45, 7) is 0.392. The monoisotopic (exact) mass is 289 g/mol. The number of allylic oxidation sites excluding steroid dienone is 2. The molecule has 1 aromatic carbocycles. The summed E-state index contributed by atoms with van der Waals surface area (Å²) in [6, 6.07) is 7.35. The second kappa shape index (κ2) is 7.04. The molecule has 112 valence electrons. The van der Waals surface area contributed by atoms with E-state index in [9.17, 15) is 14.7 Å². The zero-order valence-corrected chi connectivity index (χ0v) is 11.9. The number of aliphatic carboxylic acids is 1. The van der Waals surface area contributed by atoms with Crippen LogP contribution in [0.15, 0.2) is 36.4 Å². The van der Waals surface area contributed by atoms with Gasteiger partial charge in [0.05, 0.1) is 18.4 Å². The van der Waals surface area contributed by atoms with E-state index in [2.05, 4.69) is 5.32 Å². The molecule has 0 heterocycles. The molecule has 2 atom stereocenters. The minimum absolute atomic E-state index is 0.254. The Hall–Kier alpha value is -2.14. The Balaban J connectivity index is 2.14. The summed E-state index contributed by atoms with van der Waals surface area (Å²) in [5.41, 5.74) is 1.54. The van der Waals surface area contributed by atoms with Gasteiger partial charge in [-0.05, 0) is 18.9 Å². The SMILES string of the molecule is COCc1ccccc1NC(=O)C1CC=CCC1C(=O)O. The molecule has 1 aliphatic carbocycles. The van der Waals surface area contributed by atoms with Crippen LogP contribution < -0.4 is 5.32 Å². The van der Waals surface area contributed by atoms with Crippen molar-refractivity contribution in [1.82, 2.24) is 0 Å². The fraction of sp³-hybridized carbons (Fsp3) is 0.375. The van der Waals surface area contributed by atoms with Gasteiger partial charge >= 0.3 is 5.97 Å². The van der Waals surface area contributed by atoms with Crippen LogP contribution in [-0.2, 0) is 20.9 Å². The normalized spacial score (nSPS) is 21.0. The number of methoxy groups -OCH3 is 1. The molecule has 0 aliphatic heterocycles. The van der Waals surface area contributed by atoms with Crippen LogP contribution in [-0.4, -0.2) is 24.1 Å². The smallest absolute Gasteiger partial charge is 0.307 e. The van der Waals surface area contributed by atoms with E-state index in [0.29, 0.717) is 25.1 Å². The van der Waals surface area contributed by atoms with Crippen LogP contribution in [0.4, 0.5) is 5.69 Å². The quantitative estimate of drug-likeness (QED) is 0.816. The van der Waals surface area contributed by atoms with Crippen LogP contribution in [0.3, 0.4) is 0 Å². The predicted molar refractivity (Wildman–Crippen MR) is 78.8 cm³/mol. The molecule has 0 saturated carbocycles. The zero-order chi connectivity index (χ0) is 15.2. The fourth-order valence-corrected chi connectivity index (χ4v) is 2.53. The Morgan fingerprint density at radius 3 is 2.57 bits per heavy atom. The molecule has 0 fully saturated rings. The number of carboxylic acid groups (broad SMARTS) is 1. The molecule has 0 saturated heterocycles. The van der Waals surface area contributed by atoms with Gasteiger partial charge in [-0.15, -0.1) is 0 Å². The fourth-order valence-electron chi connectivity index (χ4n) is 2.53. The predicted octanol–water partition coefficient (Wildman–Crippen LogP) is 2.44. The molecule has 1 aliphatic rings. The third-order valence-corrected chi connectivity index (χ3v) is 3.66. The van der Waals surface area contributed by atoms with E-state index in [4.69, 9.17) is 4.74 Å². The van der Waals surface area contributed by atoms with Gasteiger partial charge in [-0.2, -0.15) is 0 Å². The van der Waals surface area contributed by atoms with E-state index < -0.39 is 17.8 Å². The molecular weight excluding hydrogens is 270 g/mol. The number of carboxylic acids is 1. The maximum Gasteiger partial charge on any atom is 0.307 e. The Morgan fingerprint density at radius 2 is 1.90 bits per heavy atom. The maximum absolute atomic E-state index is 12.4. The lowest BCUT2D eigenvalue weighted by molar-refractivity contribution is -0.146. The van der Waals surface area contributed by atoms with E-state index in [1.807, 2.05) is 30.4 Å². The second-order valence-corrected chi connectivity index (χ2v) is 5.07. The summed E-state index contributed by atoms with van der Waals surface area (Å²) < 4.78 is 5.10. The van der Waals surface area contributed by atoms with Crippen molar-refractivity contribution in [1.29, 1.82) is 0 Å². The first-order valence-corrected chi connectivity index (χ1v) is 6.89. The van der Waals surface area contributed by atoms with Crippen LogP contribution >= 0.6 is 0 Å². The Morgan fingerprint density at radius 1 is 1.24 bits per heavy atom. The molecule has 0 radical (unpaired) electrons. The highest BCUT2D eigenvalue weighted by atomic mass is 16.5. The minimum Gasteiger partial charge on any atom is -0.481 e. The van der Waals surface area contributed by atoms with Crippen molar-refractivity contribution in [3.63, 3.8) is 0 Å². The lowest BCUT2D eigenvalue weighted by Crippen LogP contribution is -2.34. The number of rotatable bonds is 5. The van der Waals surface area contributed by atoms with Gasteiger partial charge in [0.2, 0.25) is 5.91 Å². The van der Waals surface area contributed by atoms with Crippen LogP contribution in [0.5, 0.6) is 0 Å². The van der Waals surface area contributed by atoms with Crippen molar-refractivity contribution in [3.8, 4) is 0 Å². The van der Waals surface area contributed by atoms with Crippen molar-refractivity contribution in [2.75, 3.05) is 12.4 Å². The summed E-state index contributed by atoms with van der Waals surface area (Å²) in [5.74, 6) is -2.38. The number of hydrogen-bond donors (Lipinski definition) is 2. The van der Waals surface area contributed by atoms with Gasteiger partial charge in [0.1, 0.15) is 0 Å². The number of carbonyl (C=O) groups excluding carboxylic acids is 1. The van der Waals surface area contributed by atoms with Crippen molar-refractivity contribution in [2.24, 2.45) is 11.8 Å². The highest BCUT2D eigenvalue weighted by Gasteiger charge is 2.34. The van der Waals surface area contributed by atoms with Crippen LogP contribution in [0.1, 0.15) is 18.4 Å². The third kappa shape index (κ3) is 3.70.